The van der Waals surface area contributed by atoms with Crippen LogP contribution in [-0.2, 0) is 27.7 Å². The average Bonchev–Trinajstić information content (AvgIpc) is 2.66. The van der Waals surface area contributed by atoms with E-state index >= 15 is 0 Å². The second kappa shape index (κ2) is 7.16. The summed E-state index contributed by atoms with van der Waals surface area (Å²) in [6.07, 6.45) is 3.29. The monoisotopic (exact) mass is 255 g/mol. The van der Waals surface area contributed by atoms with Crippen LogP contribution in [0.1, 0.15) is 31.8 Å². The molecule has 1 aromatic heterocycles. The maximum Gasteiger partial charge on any atom is 0.314 e. The number of imidazole rings is 1. The molecule has 0 aliphatic heterocycles. The molecule has 0 aromatic carbocycles. The number of carbonyl (C=O) groups is 1. The molecule has 1 atom stereocenters. The summed E-state index contributed by atoms with van der Waals surface area (Å²) in [7, 11) is 1.92. The van der Waals surface area contributed by atoms with E-state index in [-0.39, 0.29) is 18.5 Å². The van der Waals surface area contributed by atoms with Crippen LogP contribution < -0.4 is 4.57 Å². The van der Waals surface area contributed by atoms with Gasteiger partial charge in [-0.25, -0.2) is 9.55 Å². The molecule has 5 nitrogen and oxygen atoms in total. The Kier molecular flexibility index (Phi) is 5.85. The normalized spacial score (nSPS) is 12.4. The quantitative estimate of drug-likeness (QED) is 0.450. The van der Waals surface area contributed by atoms with Gasteiger partial charge in [-0.3, -0.25) is 4.79 Å². The lowest BCUT2D eigenvalue weighted by molar-refractivity contribution is -0.683. The zero-order chi connectivity index (χ0) is 13.5. The van der Waals surface area contributed by atoms with Gasteiger partial charge >= 0.3 is 5.97 Å². The van der Waals surface area contributed by atoms with Crippen LogP contribution in [0.2, 0.25) is 0 Å². The van der Waals surface area contributed by atoms with Crippen molar-refractivity contribution in [2.75, 3.05) is 13.2 Å². The van der Waals surface area contributed by atoms with Crippen molar-refractivity contribution in [1.82, 2.24) is 4.98 Å². The van der Waals surface area contributed by atoms with Gasteiger partial charge in [0.05, 0.1) is 19.8 Å². The van der Waals surface area contributed by atoms with Crippen molar-refractivity contribution in [3.63, 3.8) is 0 Å². The molecule has 0 spiro atoms. The van der Waals surface area contributed by atoms with Gasteiger partial charge in [-0.15, -0.1) is 0 Å². The van der Waals surface area contributed by atoms with Crippen molar-refractivity contribution in [3.05, 3.63) is 17.7 Å². The third-order valence-corrected chi connectivity index (χ3v) is 3.03. The highest BCUT2D eigenvalue weighted by atomic mass is 16.6. The molecule has 0 saturated heterocycles. The van der Waals surface area contributed by atoms with E-state index in [0.717, 1.165) is 17.9 Å². The summed E-state index contributed by atoms with van der Waals surface area (Å²) in [5.41, 5.74) is 0.917. The van der Waals surface area contributed by atoms with Gasteiger partial charge in [0.15, 0.2) is 5.69 Å². The number of carbonyl (C=O) groups excluding carboxylic acids is 1. The number of H-pyrrole nitrogens is 1. The molecule has 1 aromatic rings. The second-order valence-electron chi connectivity index (χ2n) is 4.41. The molecule has 0 bridgehead atoms. The minimum atomic E-state index is -0.225. The predicted molar refractivity (Wildman–Crippen MR) is 67.1 cm³/mol. The van der Waals surface area contributed by atoms with E-state index < -0.39 is 0 Å². The van der Waals surface area contributed by atoms with Gasteiger partial charge in [0.25, 0.3) is 5.82 Å². The zero-order valence-corrected chi connectivity index (χ0v) is 11.7. The number of aryl methyl sites for hydroxylation is 1. The fourth-order valence-electron chi connectivity index (χ4n) is 1.49. The molecule has 0 radical (unpaired) electrons. The van der Waals surface area contributed by atoms with E-state index in [1.165, 1.54) is 0 Å². The Bertz CT molecular complexity index is 388. The average molecular weight is 255 g/mol. The van der Waals surface area contributed by atoms with Crippen LogP contribution in [0.15, 0.2) is 6.20 Å². The molecule has 0 aliphatic carbocycles. The lowest BCUT2D eigenvalue weighted by Gasteiger charge is -2.10. The highest BCUT2D eigenvalue weighted by Gasteiger charge is 2.15. The lowest BCUT2D eigenvalue weighted by Crippen LogP contribution is -2.35. The summed E-state index contributed by atoms with van der Waals surface area (Å²) < 4.78 is 12.5. The Labute approximate surface area is 108 Å². The van der Waals surface area contributed by atoms with Crippen molar-refractivity contribution < 1.29 is 18.8 Å². The molecule has 0 saturated carbocycles. The molecule has 102 valence electrons. The van der Waals surface area contributed by atoms with E-state index in [9.17, 15) is 4.79 Å². The number of ether oxygens (including phenoxy) is 2. The van der Waals surface area contributed by atoms with Crippen LogP contribution in [0, 0.1) is 6.92 Å². The minimum Gasteiger partial charge on any atom is -0.463 e. The van der Waals surface area contributed by atoms with Gasteiger partial charge in [0.1, 0.15) is 19.2 Å². The molecule has 1 N–H and O–H groups in total. The van der Waals surface area contributed by atoms with Crippen molar-refractivity contribution in [2.45, 2.75) is 39.7 Å². The van der Waals surface area contributed by atoms with Crippen LogP contribution in [0.3, 0.4) is 0 Å². The first-order chi connectivity index (χ1) is 8.54. The van der Waals surface area contributed by atoms with Crippen molar-refractivity contribution in [1.29, 1.82) is 0 Å². The van der Waals surface area contributed by atoms with Crippen molar-refractivity contribution in [2.24, 2.45) is 7.05 Å². The van der Waals surface area contributed by atoms with E-state index in [1.807, 2.05) is 31.7 Å². The maximum absolute atomic E-state index is 11.6. The third kappa shape index (κ3) is 4.49. The van der Waals surface area contributed by atoms with Crippen molar-refractivity contribution in [3.8, 4) is 0 Å². The summed E-state index contributed by atoms with van der Waals surface area (Å²) in [4.78, 5) is 14.6. The van der Waals surface area contributed by atoms with Crippen LogP contribution >= 0.6 is 0 Å². The van der Waals surface area contributed by atoms with Crippen LogP contribution in [-0.4, -0.2) is 30.3 Å². The SMILES string of the molecule is CCC(C)OCCOC(=O)Cc1c[nH]c(C)[n+]1C. The van der Waals surface area contributed by atoms with Gasteiger partial charge in [0.2, 0.25) is 0 Å². The van der Waals surface area contributed by atoms with E-state index in [0.29, 0.717) is 13.2 Å². The molecule has 1 unspecified atom stereocenters. The van der Waals surface area contributed by atoms with Crippen LogP contribution in [0.25, 0.3) is 0 Å². The fourth-order valence-corrected chi connectivity index (χ4v) is 1.49. The first kappa shape index (κ1) is 14.7. The standard InChI is InChI=1S/C13H22N2O3/c1-5-10(2)17-6-7-18-13(16)8-12-9-14-11(3)15(12)4/h9-10H,5-8H2,1-4H3/p+1. The highest BCUT2D eigenvalue weighted by molar-refractivity contribution is 5.71. The number of nitrogens with zero attached hydrogens (tertiary/aromatic N) is 1. The van der Waals surface area contributed by atoms with Crippen LogP contribution in [0.5, 0.6) is 0 Å². The molecular formula is C13H23N2O3+. The number of rotatable bonds is 7. The van der Waals surface area contributed by atoms with Gasteiger partial charge in [-0.05, 0) is 13.3 Å². The summed E-state index contributed by atoms with van der Waals surface area (Å²) in [6, 6.07) is 0. The van der Waals surface area contributed by atoms with Crippen molar-refractivity contribution >= 4 is 5.97 Å². The Hall–Kier alpha value is -1.36. The third-order valence-electron chi connectivity index (χ3n) is 3.03. The number of hydrogen-bond donors (Lipinski definition) is 1. The number of nitrogens with one attached hydrogen (secondary N) is 1. The Morgan fingerprint density at radius 1 is 1.50 bits per heavy atom. The zero-order valence-electron chi connectivity index (χ0n) is 11.7. The lowest BCUT2D eigenvalue weighted by atomic mass is 10.3. The Morgan fingerprint density at radius 3 is 2.78 bits per heavy atom. The first-order valence-corrected chi connectivity index (χ1v) is 6.34. The molecule has 0 aliphatic rings. The Balaban J connectivity index is 2.24. The largest absolute Gasteiger partial charge is 0.463 e. The number of aromatic nitrogens is 2. The van der Waals surface area contributed by atoms with E-state index in [2.05, 4.69) is 11.9 Å². The molecule has 1 heterocycles. The minimum absolute atomic E-state index is 0.217. The molecule has 5 heteroatoms. The summed E-state index contributed by atoms with van der Waals surface area (Å²) in [6.45, 7) is 6.79. The second-order valence-corrected chi connectivity index (χ2v) is 4.41. The van der Waals surface area contributed by atoms with Gasteiger partial charge < -0.3 is 9.47 Å². The highest BCUT2D eigenvalue weighted by Crippen LogP contribution is 1.98. The van der Waals surface area contributed by atoms with Gasteiger partial charge in [-0.1, -0.05) is 6.92 Å². The molecule has 18 heavy (non-hydrogen) atoms. The number of esters is 1. The number of hydrogen-bond acceptors (Lipinski definition) is 3. The maximum atomic E-state index is 11.6. The molecule has 0 fully saturated rings. The van der Waals surface area contributed by atoms with E-state index in [1.54, 1.807) is 0 Å². The van der Waals surface area contributed by atoms with Gasteiger partial charge in [0, 0.05) is 6.92 Å². The van der Waals surface area contributed by atoms with Crippen LogP contribution in [0.4, 0.5) is 0 Å². The molecule has 1 rings (SSSR count). The summed E-state index contributed by atoms with van der Waals surface area (Å²) in [5.74, 6) is 0.787. The molecular weight excluding hydrogens is 232 g/mol. The fraction of sp³-hybridized carbons (Fsp3) is 0.692. The Morgan fingerprint density at radius 2 is 2.22 bits per heavy atom. The molecule has 0 amide bonds. The van der Waals surface area contributed by atoms with E-state index in [4.69, 9.17) is 9.47 Å². The summed E-state index contributed by atoms with van der Waals surface area (Å²) in [5, 5.41) is 0. The predicted octanol–water partition coefficient (Wildman–Crippen LogP) is 1.05. The topological polar surface area (TPSA) is 55.2 Å². The smallest absolute Gasteiger partial charge is 0.314 e. The summed E-state index contributed by atoms with van der Waals surface area (Å²) >= 11 is 0. The first-order valence-electron chi connectivity index (χ1n) is 6.34. The number of aromatic amines is 1. The van der Waals surface area contributed by atoms with Gasteiger partial charge in [-0.2, -0.15) is 0 Å².